The second kappa shape index (κ2) is 7.41. The van der Waals surface area contributed by atoms with Crippen LogP contribution in [-0.4, -0.2) is 54.7 Å². The maximum absolute atomic E-state index is 5.65. The Bertz CT molecular complexity index is 427. The predicted molar refractivity (Wildman–Crippen MR) is 85.3 cm³/mol. The van der Waals surface area contributed by atoms with Crippen LogP contribution in [0.15, 0.2) is 35.2 Å². The van der Waals surface area contributed by atoms with E-state index in [1.807, 2.05) is 65.6 Å². The predicted octanol–water partition coefficient (Wildman–Crippen LogP) is 3.33. The molecule has 1 aromatic carbocycles. The van der Waals surface area contributed by atoms with Crippen molar-refractivity contribution in [3.8, 4) is 5.75 Å². The zero-order valence-corrected chi connectivity index (χ0v) is 14.6. The van der Waals surface area contributed by atoms with Gasteiger partial charge in [0.15, 0.2) is 5.75 Å². The van der Waals surface area contributed by atoms with Crippen molar-refractivity contribution in [3.63, 3.8) is 0 Å². The molecule has 7 heteroatoms. The van der Waals surface area contributed by atoms with Gasteiger partial charge >= 0.3 is 0 Å². The molecular weight excluding hydrogens is 327 g/mol. The number of halogens is 1. The van der Waals surface area contributed by atoms with Crippen LogP contribution in [0.4, 0.5) is 0 Å². The first-order valence-corrected chi connectivity index (χ1v) is 8.64. The minimum Gasteiger partial charge on any atom is -0.355 e. The van der Waals surface area contributed by atoms with Crippen LogP contribution in [0.1, 0.15) is 0 Å². The van der Waals surface area contributed by atoms with Crippen LogP contribution in [0.5, 0.6) is 5.75 Å². The molecule has 0 aliphatic rings. The largest absolute Gasteiger partial charge is 0.355 e. The molecule has 0 saturated heterocycles. The number of para-hydroxylation sites is 1. The van der Waals surface area contributed by atoms with Crippen LogP contribution in [0.2, 0.25) is 0 Å². The zero-order valence-electron chi connectivity index (χ0n) is 12.1. The van der Waals surface area contributed by atoms with Crippen molar-refractivity contribution in [1.29, 1.82) is 0 Å². The summed E-state index contributed by atoms with van der Waals surface area (Å²) in [6.07, 6.45) is 0. The van der Waals surface area contributed by atoms with Gasteiger partial charge in [-0.15, -0.1) is 0 Å². The fraction of sp³-hybridized carbons (Fsp3) is 0.500. The third-order valence-corrected chi connectivity index (χ3v) is 7.35. The Morgan fingerprint density at radius 1 is 1.05 bits per heavy atom. The lowest BCUT2D eigenvalue weighted by atomic mass is 10.3. The molecule has 0 radical (unpaired) electrons. The number of benzene rings is 1. The van der Waals surface area contributed by atoms with Gasteiger partial charge in [0, 0.05) is 0 Å². The van der Waals surface area contributed by atoms with E-state index in [1.165, 1.54) is 0 Å². The number of hydrogen-bond acceptors (Lipinski definition) is 2. The van der Waals surface area contributed by atoms with Crippen molar-refractivity contribution in [3.05, 3.63) is 30.3 Å². The molecule has 0 unspecified atom stereocenters. The molecule has 1 rings (SSSR count). The summed E-state index contributed by atoms with van der Waals surface area (Å²) in [4.78, 5) is 10.2. The molecule has 0 atom stereocenters. The lowest BCUT2D eigenvalue weighted by Crippen LogP contribution is -2.32. The van der Waals surface area contributed by atoms with Crippen molar-refractivity contribution in [2.45, 2.75) is 0 Å². The number of alkyl halides is 1. The molecule has 0 spiro atoms. The SMILES string of the molecule is CN(C)P(=NOc1ccccc1)(N(C)C)N(C)CBr. The van der Waals surface area contributed by atoms with Crippen LogP contribution in [-0.2, 0) is 0 Å². The molecule has 0 amide bonds. The molecule has 0 heterocycles. The molecule has 0 aromatic heterocycles. The Morgan fingerprint density at radius 3 is 2.00 bits per heavy atom. The minimum atomic E-state index is -2.04. The molecular formula is C12H22BrN4OP. The Labute approximate surface area is 124 Å². The first kappa shape index (κ1) is 16.7. The molecule has 0 N–H and O–H groups in total. The van der Waals surface area contributed by atoms with E-state index in [-0.39, 0.29) is 0 Å². The first-order chi connectivity index (χ1) is 8.95. The zero-order chi connectivity index (χ0) is 14.5. The summed E-state index contributed by atoms with van der Waals surface area (Å²) in [7, 11) is 8.06. The molecule has 1 aromatic rings. The Hall–Kier alpha value is -0.390. The van der Waals surface area contributed by atoms with Gasteiger partial charge in [-0.05, 0) is 47.4 Å². The number of hydrogen-bond donors (Lipinski definition) is 0. The fourth-order valence-electron chi connectivity index (χ4n) is 1.83. The summed E-state index contributed by atoms with van der Waals surface area (Å²) in [6.45, 7) is 0. The van der Waals surface area contributed by atoms with Gasteiger partial charge in [0.2, 0.25) is 7.51 Å². The van der Waals surface area contributed by atoms with E-state index in [1.54, 1.807) is 0 Å². The summed E-state index contributed by atoms with van der Waals surface area (Å²) in [6, 6.07) is 9.63. The van der Waals surface area contributed by atoms with Crippen LogP contribution < -0.4 is 4.84 Å². The molecule has 0 bridgehead atoms. The smallest absolute Gasteiger partial charge is 0.211 e. The number of rotatable bonds is 6. The van der Waals surface area contributed by atoms with E-state index in [4.69, 9.17) is 4.84 Å². The van der Waals surface area contributed by atoms with Gasteiger partial charge in [0.1, 0.15) is 0 Å². The summed E-state index contributed by atoms with van der Waals surface area (Å²) < 4.78 is 6.37. The summed E-state index contributed by atoms with van der Waals surface area (Å²) >= 11 is 3.50. The summed E-state index contributed by atoms with van der Waals surface area (Å²) in [5, 5.41) is 0. The Balaban J connectivity index is 3.15. The maximum Gasteiger partial charge on any atom is 0.211 e. The van der Waals surface area contributed by atoms with Crippen molar-refractivity contribution in [2.75, 3.05) is 40.7 Å². The van der Waals surface area contributed by atoms with Gasteiger partial charge in [-0.3, -0.25) is 0 Å². The Kier molecular flexibility index (Phi) is 6.50. The van der Waals surface area contributed by atoms with Crippen LogP contribution in [0.25, 0.3) is 0 Å². The average molecular weight is 349 g/mol. The normalized spacial score (nSPS) is 12.3. The second-order valence-corrected chi connectivity index (χ2v) is 8.52. The molecule has 0 aliphatic heterocycles. The fourth-order valence-corrected chi connectivity index (χ4v) is 5.44. The lowest BCUT2D eigenvalue weighted by molar-refractivity contribution is 0.323. The van der Waals surface area contributed by atoms with Crippen LogP contribution >= 0.6 is 23.4 Å². The van der Waals surface area contributed by atoms with E-state index >= 15 is 0 Å². The van der Waals surface area contributed by atoms with E-state index in [9.17, 15) is 0 Å². The van der Waals surface area contributed by atoms with Gasteiger partial charge in [-0.2, -0.15) is 0 Å². The molecule has 0 fully saturated rings. The highest BCUT2D eigenvalue weighted by Crippen LogP contribution is 2.55. The second-order valence-electron chi connectivity index (χ2n) is 4.49. The quantitative estimate of drug-likeness (QED) is 0.341. The van der Waals surface area contributed by atoms with E-state index in [2.05, 4.69) is 34.8 Å². The van der Waals surface area contributed by atoms with Crippen molar-refractivity contribution in [2.24, 2.45) is 4.91 Å². The van der Waals surface area contributed by atoms with Crippen LogP contribution in [0.3, 0.4) is 0 Å². The summed E-state index contributed by atoms with van der Waals surface area (Å²) in [5.41, 5.74) is 0.721. The van der Waals surface area contributed by atoms with Gasteiger partial charge < -0.3 is 4.84 Å². The maximum atomic E-state index is 5.65. The third-order valence-electron chi connectivity index (χ3n) is 2.70. The van der Waals surface area contributed by atoms with Crippen molar-refractivity contribution in [1.82, 2.24) is 14.0 Å². The highest BCUT2D eigenvalue weighted by Gasteiger charge is 2.31. The average Bonchev–Trinajstić information content (AvgIpc) is 2.39. The topological polar surface area (TPSA) is 31.3 Å². The van der Waals surface area contributed by atoms with Gasteiger partial charge in [-0.25, -0.2) is 14.0 Å². The lowest BCUT2D eigenvalue weighted by Gasteiger charge is -2.40. The van der Waals surface area contributed by atoms with Gasteiger partial charge in [-0.1, -0.05) is 39.0 Å². The highest BCUT2D eigenvalue weighted by molar-refractivity contribution is 9.09. The summed E-state index contributed by atoms with van der Waals surface area (Å²) in [5.74, 6) is 0.749. The van der Waals surface area contributed by atoms with Gasteiger partial charge in [0.25, 0.3) is 0 Å². The molecule has 5 nitrogen and oxygen atoms in total. The van der Waals surface area contributed by atoms with Gasteiger partial charge in [0.05, 0.1) is 5.45 Å². The van der Waals surface area contributed by atoms with Crippen LogP contribution in [0, 0.1) is 0 Å². The molecule has 0 aliphatic carbocycles. The van der Waals surface area contributed by atoms with E-state index in [0.717, 1.165) is 11.2 Å². The van der Waals surface area contributed by atoms with E-state index in [0.29, 0.717) is 0 Å². The number of nitrogens with zero attached hydrogens (tertiary/aromatic N) is 4. The highest BCUT2D eigenvalue weighted by atomic mass is 79.9. The molecule has 19 heavy (non-hydrogen) atoms. The molecule has 108 valence electrons. The minimum absolute atomic E-state index is 0.721. The Morgan fingerprint density at radius 2 is 1.58 bits per heavy atom. The molecule has 0 saturated carbocycles. The first-order valence-electron chi connectivity index (χ1n) is 5.92. The third kappa shape index (κ3) is 3.80. The van der Waals surface area contributed by atoms with E-state index < -0.39 is 7.51 Å². The monoisotopic (exact) mass is 348 g/mol. The van der Waals surface area contributed by atoms with Crippen molar-refractivity contribution >= 4 is 23.4 Å². The van der Waals surface area contributed by atoms with Crippen molar-refractivity contribution < 1.29 is 4.84 Å². The standard InChI is InChI=1S/C12H22BrN4OP/c1-15(2)19(16(3)4,17(5)11-13)14-18-12-9-7-6-8-10-12/h6-10H,11H2,1-5H3.